The van der Waals surface area contributed by atoms with Gasteiger partial charge in [0.25, 0.3) is 5.88 Å². The summed E-state index contributed by atoms with van der Waals surface area (Å²) in [6.07, 6.45) is 10.5. The zero-order valence-corrected chi connectivity index (χ0v) is 21.4. The highest BCUT2D eigenvalue weighted by Crippen LogP contribution is 2.24. The Balaban J connectivity index is 1.33. The van der Waals surface area contributed by atoms with Gasteiger partial charge in [-0.05, 0) is 72.3 Å². The fourth-order valence-corrected chi connectivity index (χ4v) is 3.74. The Morgan fingerprint density at radius 1 is 0.872 bits per heavy atom. The van der Waals surface area contributed by atoms with E-state index in [9.17, 15) is 4.39 Å². The normalized spacial score (nSPS) is 11.9. The van der Waals surface area contributed by atoms with E-state index in [1.165, 1.54) is 12.4 Å². The summed E-state index contributed by atoms with van der Waals surface area (Å²) < 4.78 is 19.6. The van der Waals surface area contributed by atoms with Crippen molar-refractivity contribution >= 4 is 40.4 Å². The van der Waals surface area contributed by atoms with E-state index >= 15 is 0 Å². The second kappa shape index (κ2) is 12.6. The van der Waals surface area contributed by atoms with Crippen LogP contribution in [0.25, 0.3) is 23.1 Å². The van der Waals surface area contributed by atoms with Crippen LogP contribution in [0.5, 0.6) is 11.6 Å². The topological polar surface area (TPSA) is 69.5 Å². The molecule has 0 saturated carbocycles. The van der Waals surface area contributed by atoms with Gasteiger partial charge in [-0.1, -0.05) is 59.2 Å². The predicted molar refractivity (Wildman–Crippen MR) is 152 cm³/mol. The van der Waals surface area contributed by atoms with E-state index in [2.05, 4.69) is 20.1 Å². The highest BCUT2D eigenvalue weighted by Gasteiger charge is 2.06. The maximum atomic E-state index is 13.8. The van der Waals surface area contributed by atoms with Gasteiger partial charge in [0.15, 0.2) is 0 Å². The number of pyridine rings is 1. The Morgan fingerprint density at radius 2 is 1.69 bits per heavy atom. The monoisotopic (exact) mass is 536 g/mol. The molecular formula is C31H22ClFN4O2. The average molecular weight is 537 g/mol. The Bertz CT molecular complexity index is 1660. The van der Waals surface area contributed by atoms with Crippen molar-refractivity contribution in [3.8, 4) is 11.6 Å². The molecule has 0 fully saturated rings. The third kappa shape index (κ3) is 7.12. The Labute approximate surface area is 229 Å². The minimum absolute atomic E-state index is 0.151. The summed E-state index contributed by atoms with van der Waals surface area (Å²) in [6, 6.07) is 24.9. The first-order chi connectivity index (χ1) is 19.1. The number of halogens is 2. The lowest BCUT2D eigenvalue weighted by Crippen LogP contribution is -1.98. The molecule has 0 radical (unpaired) electrons. The molecule has 0 atom stereocenters. The molecule has 6 nitrogen and oxygen atoms in total. The SMILES string of the molecule is Fc1ccccc1COc1ccc(/C=C/C(/C=C/c2ccccn2)=N/Oc2ncnc3cc(Cl)ccc23)cc1. The van der Waals surface area contributed by atoms with E-state index in [4.69, 9.17) is 21.2 Å². The van der Waals surface area contributed by atoms with Crippen molar-refractivity contribution in [1.29, 1.82) is 0 Å². The quantitative estimate of drug-likeness (QED) is 0.144. The highest BCUT2D eigenvalue weighted by atomic mass is 35.5. The number of fused-ring (bicyclic) bond motifs is 1. The summed E-state index contributed by atoms with van der Waals surface area (Å²) in [5, 5.41) is 5.58. The van der Waals surface area contributed by atoms with E-state index < -0.39 is 0 Å². The molecule has 2 aromatic heterocycles. The molecule has 0 N–H and O–H groups in total. The molecule has 5 rings (SSSR count). The van der Waals surface area contributed by atoms with Crippen LogP contribution in [0.4, 0.5) is 4.39 Å². The lowest BCUT2D eigenvalue weighted by Gasteiger charge is -2.07. The number of oxime groups is 1. The van der Waals surface area contributed by atoms with Gasteiger partial charge in [0.2, 0.25) is 0 Å². The predicted octanol–water partition coefficient (Wildman–Crippen LogP) is 7.56. The molecule has 8 heteroatoms. The molecule has 0 saturated heterocycles. The largest absolute Gasteiger partial charge is 0.489 e. The molecule has 2 heterocycles. The highest BCUT2D eigenvalue weighted by molar-refractivity contribution is 6.31. The smallest absolute Gasteiger partial charge is 0.259 e. The molecule has 0 spiro atoms. The molecule has 0 unspecified atom stereocenters. The molecule has 192 valence electrons. The van der Waals surface area contributed by atoms with Crippen LogP contribution >= 0.6 is 11.6 Å². The molecular weight excluding hydrogens is 515 g/mol. The van der Waals surface area contributed by atoms with Crippen molar-refractivity contribution in [2.24, 2.45) is 5.16 Å². The zero-order chi connectivity index (χ0) is 26.9. The van der Waals surface area contributed by atoms with E-state index in [-0.39, 0.29) is 12.4 Å². The summed E-state index contributed by atoms with van der Waals surface area (Å²) in [7, 11) is 0. The number of allylic oxidation sites excluding steroid dienone is 2. The minimum Gasteiger partial charge on any atom is -0.489 e. The van der Waals surface area contributed by atoms with Gasteiger partial charge in [0.05, 0.1) is 16.6 Å². The Kier molecular flexibility index (Phi) is 8.31. The summed E-state index contributed by atoms with van der Waals surface area (Å²) >= 11 is 6.08. The van der Waals surface area contributed by atoms with E-state index in [0.717, 1.165) is 11.3 Å². The van der Waals surface area contributed by atoms with Crippen LogP contribution in [0.1, 0.15) is 16.8 Å². The average Bonchev–Trinajstić information content (AvgIpc) is 2.97. The van der Waals surface area contributed by atoms with E-state index in [1.807, 2.05) is 60.7 Å². The van der Waals surface area contributed by atoms with Gasteiger partial charge in [-0.25, -0.2) is 9.37 Å². The number of ether oxygens (including phenoxy) is 1. The summed E-state index contributed by atoms with van der Waals surface area (Å²) in [5.74, 6) is 0.659. The van der Waals surface area contributed by atoms with Crippen LogP contribution in [-0.2, 0) is 6.61 Å². The first-order valence-corrected chi connectivity index (χ1v) is 12.4. The standard InChI is InChI=1S/C31H22ClFN4O2/c32-24-11-17-28-30(19-24)35-21-36-31(28)39-37-26(14-13-25-6-3-4-18-34-25)12-8-22-9-15-27(16-10-22)38-20-23-5-1-2-7-29(23)33/h1-19,21H,20H2/b12-8+,14-13+,37-26-. The lowest BCUT2D eigenvalue weighted by atomic mass is 10.1. The number of benzene rings is 3. The van der Waals surface area contributed by atoms with Crippen LogP contribution < -0.4 is 9.57 Å². The van der Waals surface area contributed by atoms with Crippen molar-refractivity contribution in [2.45, 2.75) is 6.61 Å². The molecule has 0 aliphatic rings. The van der Waals surface area contributed by atoms with Gasteiger partial charge in [-0.2, -0.15) is 4.98 Å². The molecule has 3 aromatic carbocycles. The second-order valence-corrected chi connectivity index (χ2v) is 8.75. The summed E-state index contributed by atoms with van der Waals surface area (Å²) in [6.45, 7) is 0.151. The lowest BCUT2D eigenvalue weighted by molar-refractivity contribution is 0.300. The number of hydrogen-bond acceptors (Lipinski definition) is 6. The zero-order valence-electron chi connectivity index (χ0n) is 20.6. The van der Waals surface area contributed by atoms with E-state index in [1.54, 1.807) is 48.7 Å². The molecule has 0 bridgehead atoms. The van der Waals surface area contributed by atoms with Crippen LogP contribution in [0.3, 0.4) is 0 Å². The molecule has 0 aliphatic carbocycles. The number of hydrogen-bond donors (Lipinski definition) is 0. The van der Waals surface area contributed by atoms with Gasteiger partial charge in [-0.3, -0.25) is 4.98 Å². The summed E-state index contributed by atoms with van der Waals surface area (Å²) in [5.41, 5.74) is 3.37. The third-order valence-corrected chi connectivity index (χ3v) is 5.83. The molecule has 0 aliphatic heterocycles. The van der Waals surface area contributed by atoms with Gasteiger partial charge in [-0.15, -0.1) is 0 Å². The van der Waals surface area contributed by atoms with Crippen LogP contribution in [0.2, 0.25) is 5.02 Å². The van der Waals surface area contributed by atoms with E-state index in [0.29, 0.717) is 38.8 Å². The third-order valence-electron chi connectivity index (χ3n) is 5.59. The van der Waals surface area contributed by atoms with Crippen LogP contribution in [-0.4, -0.2) is 20.7 Å². The van der Waals surface area contributed by atoms with Crippen LogP contribution in [0, 0.1) is 5.82 Å². The number of aromatic nitrogens is 3. The molecule has 5 aromatic rings. The molecule has 39 heavy (non-hydrogen) atoms. The van der Waals surface area contributed by atoms with Gasteiger partial charge in [0.1, 0.15) is 30.2 Å². The molecule has 0 amide bonds. The van der Waals surface area contributed by atoms with Crippen molar-refractivity contribution in [3.05, 3.63) is 137 Å². The van der Waals surface area contributed by atoms with Gasteiger partial charge < -0.3 is 9.57 Å². The number of nitrogens with zero attached hydrogens (tertiary/aromatic N) is 4. The van der Waals surface area contributed by atoms with Crippen molar-refractivity contribution in [1.82, 2.24) is 15.0 Å². The van der Waals surface area contributed by atoms with Crippen molar-refractivity contribution in [3.63, 3.8) is 0 Å². The fourth-order valence-electron chi connectivity index (χ4n) is 3.57. The second-order valence-electron chi connectivity index (χ2n) is 8.32. The summed E-state index contributed by atoms with van der Waals surface area (Å²) in [4.78, 5) is 18.5. The maximum absolute atomic E-state index is 13.8. The fraction of sp³-hybridized carbons (Fsp3) is 0.0323. The first-order valence-electron chi connectivity index (χ1n) is 12.0. The Hall–Kier alpha value is -4.88. The first kappa shape index (κ1) is 25.8. The van der Waals surface area contributed by atoms with Crippen molar-refractivity contribution < 1.29 is 14.0 Å². The Morgan fingerprint density at radius 3 is 2.51 bits per heavy atom. The minimum atomic E-state index is -0.288. The van der Waals surface area contributed by atoms with Gasteiger partial charge >= 0.3 is 0 Å². The van der Waals surface area contributed by atoms with Crippen molar-refractivity contribution in [2.75, 3.05) is 0 Å². The maximum Gasteiger partial charge on any atom is 0.259 e. The van der Waals surface area contributed by atoms with Crippen LogP contribution in [0.15, 0.2) is 115 Å². The number of rotatable bonds is 9. The van der Waals surface area contributed by atoms with Gasteiger partial charge in [0, 0.05) is 16.8 Å².